The van der Waals surface area contributed by atoms with Gasteiger partial charge in [-0.2, -0.15) is 0 Å². The number of ketones is 1. The number of halogens is 3. The Morgan fingerprint density at radius 2 is 1.86 bits per heavy atom. The fourth-order valence-electron chi connectivity index (χ4n) is 2.24. The molecule has 0 bridgehead atoms. The SMILES string of the molecule is CCCCC1C(C(=O)OC)=CN(C)C=C1C(=O)C(Cl)(Cl)Cl. The molecule has 0 saturated carbocycles. The fraction of sp³-hybridized carbons (Fsp3) is 0.571. The van der Waals surface area contributed by atoms with Crippen molar-refractivity contribution in [3.8, 4) is 0 Å². The molecule has 0 aromatic heterocycles. The molecule has 0 amide bonds. The molecule has 1 unspecified atom stereocenters. The third-order valence-electron chi connectivity index (χ3n) is 3.22. The second-order valence-corrected chi connectivity index (χ2v) is 7.13. The molecule has 0 radical (unpaired) electrons. The maximum Gasteiger partial charge on any atom is 0.335 e. The highest BCUT2D eigenvalue weighted by Gasteiger charge is 2.40. The predicted octanol–water partition coefficient (Wildman–Crippen LogP) is 3.62. The first-order chi connectivity index (χ1) is 9.72. The van der Waals surface area contributed by atoms with E-state index in [1.807, 2.05) is 6.92 Å². The van der Waals surface area contributed by atoms with Gasteiger partial charge in [-0.15, -0.1) is 0 Å². The van der Waals surface area contributed by atoms with Crippen molar-refractivity contribution < 1.29 is 14.3 Å². The minimum Gasteiger partial charge on any atom is -0.466 e. The topological polar surface area (TPSA) is 46.6 Å². The lowest BCUT2D eigenvalue weighted by atomic mass is 9.83. The van der Waals surface area contributed by atoms with E-state index in [4.69, 9.17) is 39.5 Å². The number of esters is 1. The standard InChI is InChI=1S/C14H18Cl3NO3/c1-4-5-6-9-10(12(19)14(15,16)17)7-18(2)8-11(9)13(20)21-3/h7-9H,4-6H2,1-3H3. The largest absolute Gasteiger partial charge is 0.466 e. The lowest BCUT2D eigenvalue weighted by molar-refractivity contribution is -0.136. The number of ether oxygens (including phenoxy) is 1. The first-order valence-corrected chi connectivity index (χ1v) is 7.71. The van der Waals surface area contributed by atoms with Gasteiger partial charge >= 0.3 is 5.97 Å². The summed E-state index contributed by atoms with van der Waals surface area (Å²) >= 11 is 17.1. The van der Waals surface area contributed by atoms with Gasteiger partial charge in [0.25, 0.3) is 3.79 Å². The minimum atomic E-state index is -2.05. The van der Waals surface area contributed by atoms with Crippen LogP contribution in [0, 0.1) is 5.92 Å². The van der Waals surface area contributed by atoms with Crippen molar-refractivity contribution in [2.75, 3.05) is 14.2 Å². The van der Waals surface area contributed by atoms with Crippen LogP contribution < -0.4 is 0 Å². The van der Waals surface area contributed by atoms with E-state index in [0.717, 1.165) is 12.8 Å². The van der Waals surface area contributed by atoms with E-state index in [9.17, 15) is 9.59 Å². The number of hydrogen-bond acceptors (Lipinski definition) is 4. The van der Waals surface area contributed by atoms with Crippen molar-refractivity contribution in [2.24, 2.45) is 5.92 Å². The predicted molar refractivity (Wildman–Crippen MR) is 84.3 cm³/mol. The van der Waals surface area contributed by atoms with Crippen LogP contribution >= 0.6 is 34.8 Å². The molecule has 0 fully saturated rings. The van der Waals surface area contributed by atoms with Gasteiger partial charge in [-0.3, -0.25) is 4.79 Å². The number of nitrogens with zero attached hydrogens (tertiary/aromatic N) is 1. The molecule has 0 aromatic rings. The van der Waals surface area contributed by atoms with E-state index >= 15 is 0 Å². The van der Waals surface area contributed by atoms with Crippen molar-refractivity contribution in [1.82, 2.24) is 4.90 Å². The monoisotopic (exact) mass is 353 g/mol. The van der Waals surface area contributed by atoms with Crippen LogP contribution in [0.3, 0.4) is 0 Å². The van der Waals surface area contributed by atoms with Crippen molar-refractivity contribution in [1.29, 1.82) is 0 Å². The van der Waals surface area contributed by atoms with Crippen molar-refractivity contribution in [2.45, 2.75) is 30.0 Å². The number of carbonyl (C=O) groups is 2. The smallest absolute Gasteiger partial charge is 0.335 e. The van der Waals surface area contributed by atoms with Gasteiger partial charge in [0, 0.05) is 30.9 Å². The molecule has 0 saturated heterocycles. The summed E-state index contributed by atoms with van der Waals surface area (Å²) in [7, 11) is 3.00. The maximum absolute atomic E-state index is 12.3. The summed E-state index contributed by atoms with van der Waals surface area (Å²) in [6.07, 6.45) is 5.62. The first kappa shape index (κ1) is 18.3. The Kier molecular flexibility index (Phi) is 6.57. The highest BCUT2D eigenvalue weighted by molar-refractivity contribution is 6.77. The van der Waals surface area contributed by atoms with Crippen LogP contribution in [0.5, 0.6) is 0 Å². The Balaban J connectivity index is 3.20. The van der Waals surface area contributed by atoms with Crippen LogP contribution in [0.15, 0.2) is 23.5 Å². The first-order valence-electron chi connectivity index (χ1n) is 6.57. The molecule has 0 aliphatic carbocycles. The molecule has 1 heterocycles. The Morgan fingerprint density at radius 3 is 2.33 bits per heavy atom. The van der Waals surface area contributed by atoms with Gasteiger partial charge in [0.1, 0.15) is 0 Å². The molecule has 1 rings (SSSR count). The summed E-state index contributed by atoms with van der Waals surface area (Å²) < 4.78 is 2.74. The second kappa shape index (κ2) is 7.52. The molecule has 1 aliphatic heterocycles. The minimum absolute atomic E-state index is 0.314. The van der Waals surface area contributed by atoms with E-state index in [0.29, 0.717) is 17.6 Å². The van der Waals surface area contributed by atoms with Crippen LogP contribution in [0.1, 0.15) is 26.2 Å². The zero-order valence-electron chi connectivity index (χ0n) is 12.2. The highest BCUT2D eigenvalue weighted by Crippen LogP contribution is 2.38. The average Bonchev–Trinajstić information content (AvgIpc) is 2.42. The van der Waals surface area contributed by atoms with Gasteiger partial charge in [-0.05, 0) is 6.42 Å². The Bertz CT molecular complexity index is 480. The zero-order valence-corrected chi connectivity index (χ0v) is 14.4. The summed E-state index contributed by atoms with van der Waals surface area (Å²) in [6, 6.07) is 0. The molecule has 1 atom stereocenters. The molecule has 1 aliphatic rings. The van der Waals surface area contributed by atoms with E-state index in [-0.39, 0.29) is 0 Å². The van der Waals surface area contributed by atoms with Crippen LogP contribution in [0.2, 0.25) is 0 Å². The lowest BCUT2D eigenvalue weighted by Gasteiger charge is -2.29. The van der Waals surface area contributed by atoms with Gasteiger partial charge in [0.15, 0.2) is 0 Å². The normalized spacial score (nSPS) is 19.0. The number of alkyl halides is 3. The number of methoxy groups -OCH3 is 1. The van der Waals surface area contributed by atoms with Gasteiger partial charge < -0.3 is 9.64 Å². The lowest BCUT2D eigenvalue weighted by Crippen LogP contribution is -2.32. The quantitative estimate of drug-likeness (QED) is 0.559. The molecular weight excluding hydrogens is 337 g/mol. The molecular formula is C14H18Cl3NO3. The molecule has 4 nitrogen and oxygen atoms in total. The Morgan fingerprint density at radius 1 is 1.29 bits per heavy atom. The van der Waals surface area contributed by atoms with Crippen LogP contribution in [0.4, 0.5) is 0 Å². The van der Waals surface area contributed by atoms with Gasteiger partial charge in [-0.1, -0.05) is 54.6 Å². The van der Waals surface area contributed by atoms with E-state index in [1.54, 1.807) is 24.3 Å². The second-order valence-electron chi connectivity index (χ2n) is 4.85. The fourth-order valence-corrected chi connectivity index (χ4v) is 2.56. The van der Waals surface area contributed by atoms with Crippen LogP contribution in [0.25, 0.3) is 0 Å². The van der Waals surface area contributed by atoms with E-state index in [2.05, 4.69) is 0 Å². The number of carbonyl (C=O) groups excluding carboxylic acids is 2. The zero-order chi connectivity index (χ0) is 16.2. The number of rotatable bonds is 5. The maximum atomic E-state index is 12.3. The number of unbranched alkanes of at least 4 members (excludes halogenated alkanes) is 1. The van der Waals surface area contributed by atoms with Crippen molar-refractivity contribution >= 4 is 46.6 Å². The van der Waals surface area contributed by atoms with Crippen LogP contribution in [-0.2, 0) is 14.3 Å². The summed E-state index contributed by atoms with van der Waals surface area (Å²) in [4.78, 5) is 25.9. The molecule has 0 N–H and O–H groups in total. The van der Waals surface area contributed by atoms with Gasteiger partial charge in [-0.25, -0.2) is 4.79 Å². The molecule has 0 spiro atoms. The molecule has 7 heteroatoms. The highest BCUT2D eigenvalue weighted by atomic mass is 35.6. The Hall–Kier alpha value is -0.710. The molecule has 21 heavy (non-hydrogen) atoms. The van der Waals surface area contributed by atoms with Crippen molar-refractivity contribution in [3.63, 3.8) is 0 Å². The van der Waals surface area contributed by atoms with E-state index in [1.165, 1.54) is 7.11 Å². The van der Waals surface area contributed by atoms with Gasteiger partial charge in [0.05, 0.1) is 12.7 Å². The Labute approximate surface area is 139 Å². The summed E-state index contributed by atoms with van der Waals surface area (Å²) in [6.45, 7) is 2.02. The van der Waals surface area contributed by atoms with Crippen molar-refractivity contribution in [3.05, 3.63) is 23.5 Å². The summed E-state index contributed by atoms with van der Waals surface area (Å²) in [5, 5.41) is 0. The molecule has 0 aromatic carbocycles. The van der Waals surface area contributed by atoms with Gasteiger partial charge in [0.2, 0.25) is 5.78 Å². The third kappa shape index (κ3) is 4.63. The third-order valence-corrected chi connectivity index (χ3v) is 3.74. The van der Waals surface area contributed by atoms with Crippen LogP contribution in [-0.4, -0.2) is 34.6 Å². The number of Topliss-reactive ketones (excluding diaryl/α,β-unsaturated/α-hetero) is 1. The number of hydrogen-bond donors (Lipinski definition) is 0. The van der Waals surface area contributed by atoms with E-state index < -0.39 is 21.5 Å². The molecule has 118 valence electrons. The average molecular weight is 355 g/mol. The summed E-state index contributed by atoms with van der Waals surface area (Å²) in [5.74, 6) is -1.52. The summed E-state index contributed by atoms with van der Waals surface area (Å²) in [5.41, 5.74) is 0.711. The number of allylic oxidation sites excluding steroid dienone is 1.